The van der Waals surface area contributed by atoms with Crippen LogP contribution < -0.4 is 0 Å². The van der Waals surface area contributed by atoms with Crippen LogP contribution in [0.25, 0.3) is 0 Å². The van der Waals surface area contributed by atoms with Gasteiger partial charge in [-0.05, 0) is 18.6 Å². The van der Waals surface area contributed by atoms with Gasteiger partial charge in [-0.25, -0.2) is 0 Å². The van der Waals surface area contributed by atoms with E-state index >= 15 is 0 Å². The minimum Gasteiger partial charge on any atom is -0.389 e. The maximum absolute atomic E-state index is 12.9. The van der Waals surface area contributed by atoms with Gasteiger partial charge >= 0.3 is 12.1 Å². The SMILES string of the molecule is C[C@@H](O)c1cccc(C(F)(F)C(F)(F)F)c1. The summed E-state index contributed by atoms with van der Waals surface area (Å²) in [5.74, 6) is -4.90. The Balaban J connectivity index is 3.19. The van der Waals surface area contributed by atoms with Crippen LogP contribution in [-0.2, 0) is 5.92 Å². The van der Waals surface area contributed by atoms with Crippen LogP contribution in [-0.4, -0.2) is 11.3 Å². The fourth-order valence-corrected chi connectivity index (χ4v) is 1.16. The second kappa shape index (κ2) is 4.01. The van der Waals surface area contributed by atoms with E-state index in [2.05, 4.69) is 0 Å². The topological polar surface area (TPSA) is 20.2 Å². The highest BCUT2D eigenvalue weighted by Crippen LogP contribution is 2.44. The molecule has 1 rings (SSSR count). The molecular weight excluding hydrogens is 231 g/mol. The Bertz CT molecular complexity index is 370. The number of hydrogen-bond acceptors (Lipinski definition) is 1. The Morgan fingerprint density at radius 3 is 2.12 bits per heavy atom. The molecular formula is C10H9F5O. The number of aliphatic hydroxyl groups excluding tert-OH is 1. The highest BCUT2D eigenvalue weighted by molar-refractivity contribution is 5.29. The number of alkyl halides is 5. The average Bonchev–Trinajstić information content (AvgIpc) is 2.16. The summed E-state index contributed by atoms with van der Waals surface area (Å²) in [5, 5.41) is 9.09. The minimum absolute atomic E-state index is 0.0152. The molecule has 1 aromatic carbocycles. The maximum atomic E-state index is 12.9. The molecule has 0 unspecified atom stereocenters. The zero-order valence-electron chi connectivity index (χ0n) is 8.22. The zero-order valence-corrected chi connectivity index (χ0v) is 8.22. The van der Waals surface area contributed by atoms with Crippen molar-refractivity contribution < 1.29 is 27.1 Å². The molecule has 0 spiro atoms. The molecule has 0 aromatic heterocycles. The quantitative estimate of drug-likeness (QED) is 0.785. The number of halogens is 5. The lowest BCUT2D eigenvalue weighted by Crippen LogP contribution is -2.33. The van der Waals surface area contributed by atoms with Crippen LogP contribution >= 0.6 is 0 Å². The van der Waals surface area contributed by atoms with Crippen LogP contribution in [0, 0.1) is 0 Å². The highest BCUT2D eigenvalue weighted by atomic mass is 19.4. The van der Waals surface area contributed by atoms with Crippen LogP contribution in [0.5, 0.6) is 0 Å². The van der Waals surface area contributed by atoms with Gasteiger partial charge in [-0.2, -0.15) is 22.0 Å². The monoisotopic (exact) mass is 240 g/mol. The molecule has 0 saturated carbocycles. The van der Waals surface area contributed by atoms with Crippen molar-refractivity contribution in [2.24, 2.45) is 0 Å². The molecule has 0 heterocycles. The summed E-state index contributed by atoms with van der Waals surface area (Å²) in [4.78, 5) is 0. The van der Waals surface area contributed by atoms with Crippen molar-refractivity contribution in [3.63, 3.8) is 0 Å². The third kappa shape index (κ3) is 2.32. The summed E-state index contributed by atoms with van der Waals surface area (Å²) >= 11 is 0. The van der Waals surface area contributed by atoms with Crippen LogP contribution in [0.4, 0.5) is 22.0 Å². The van der Waals surface area contributed by atoms with E-state index in [1.54, 1.807) is 0 Å². The third-order valence-electron chi connectivity index (χ3n) is 2.09. The van der Waals surface area contributed by atoms with Crippen molar-refractivity contribution in [3.05, 3.63) is 35.4 Å². The van der Waals surface area contributed by atoms with Gasteiger partial charge in [-0.3, -0.25) is 0 Å². The molecule has 0 bridgehead atoms. The summed E-state index contributed by atoms with van der Waals surface area (Å²) in [7, 11) is 0. The number of benzene rings is 1. The maximum Gasteiger partial charge on any atom is 0.458 e. The van der Waals surface area contributed by atoms with Crippen LogP contribution in [0.1, 0.15) is 24.2 Å². The first-order valence-corrected chi connectivity index (χ1v) is 4.39. The lowest BCUT2D eigenvalue weighted by molar-refractivity contribution is -0.289. The second-order valence-electron chi connectivity index (χ2n) is 3.37. The van der Waals surface area contributed by atoms with E-state index in [0.29, 0.717) is 12.1 Å². The van der Waals surface area contributed by atoms with E-state index in [1.807, 2.05) is 0 Å². The molecule has 16 heavy (non-hydrogen) atoms. The Morgan fingerprint density at radius 2 is 1.69 bits per heavy atom. The second-order valence-corrected chi connectivity index (χ2v) is 3.37. The Labute approximate surface area is 88.5 Å². The Kier molecular flexibility index (Phi) is 3.23. The number of aliphatic hydroxyl groups is 1. The molecule has 0 radical (unpaired) electrons. The van der Waals surface area contributed by atoms with Gasteiger partial charge in [-0.15, -0.1) is 0 Å². The summed E-state index contributed by atoms with van der Waals surface area (Å²) < 4.78 is 61.9. The van der Waals surface area contributed by atoms with E-state index in [1.165, 1.54) is 13.0 Å². The predicted molar refractivity (Wildman–Crippen MR) is 47.0 cm³/mol. The Morgan fingerprint density at radius 1 is 1.12 bits per heavy atom. The van der Waals surface area contributed by atoms with Crippen LogP contribution in [0.2, 0.25) is 0 Å². The highest BCUT2D eigenvalue weighted by Gasteiger charge is 2.58. The third-order valence-corrected chi connectivity index (χ3v) is 2.09. The van der Waals surface area contributed by atoms with Crippen molar-refractivity contribution >= 4 is 0 Å². The lowest BCUT2D eigenvalue weighted by Gasteiger charge is -2.20. The summed E-state index contributed by atoms with van der Waals surface area (Å²) in [5.41, 5.74) is -1.15. The molecule has 1 N–H and O–H groups in total. The van der Waals surface area contributed by atoms with Gasteiger partial charge in [0, 0.05) is 5.56 Å². The summed E-state index contributed by atoms with van der Waals surface area (Å²) in [6, 6.07) is 3.66. The fourth-order valence-electron chi connectivity index (χ4n) is 1.16. The molecule has 0 aliphatic carbocycles. The standard InChI is InChI=1S/C10H9F5O/c1-6(16)7-3-2-4-8(5-7)9(11,12)10(13,14)15/h2-6,16H,1H3/t6-/m1/s1. The first kappa shape index (κ1) is 12.9. The van der Waals surface area contributed by atoms with Crippen molar-refractivity contribution in [2.45, 2.75) is 25.1 Å². The van der Waals surface area contributed by atoms with E-state index < -0.39 is 23.8 Å². The molecule has 1 atom stereocenters. The largest absolute Gasteiger partial charge is 0.458 e. The van der Waals surface area contributed by atoms with Gasteiger partial charge in [0.2, 0.25) is 0 Å². The van der Waals surface area contributed by atoms with Gasteiger partial charge in [0.15, 0.2) is 0 Å². The van der Waals surface area contributed by atoms with Crippen LogP contribution in [0.15, 0.2) is 24.3 Å². The summed E-state index contributed by atoms with van der Waals surface area (Å²) in [6.07, 6.45) is -6.73. The molecule has 0 aliphatic heterocycles. The number of rotatable bonds is 2. The lowest BCUT2D eigenvalue weighted by atomic mass is 10.0. The zero-order chi connectivity index (χ0) is 12.6. The van der Waals surface area contributed by atoms with E-state index in [9.17, 15) is 22.0 Å². The van der Waals surface area contributed by atoms with Crippen molar-refractivity contribution in [1.82, 2.24) is 0 Å². The van der Waals surface area contributed by atoms with Crippen LogP contribution in [0.3, 0.4) is 0 Å². The van der Waals surface area contributed by atoms with E-state index in [4.69, 9.17) is 5.11 Å². The van der Waals surface area contributed by atoms with Gasteiger partial charge in [0.05, 0.1) is 6.10 Å². The van der Waals surface area contributed by atoms with Gasteiger partial charge in [-0.1, -0.05) is 18.2 Å². The first-order chi connectivity index (χ1) is 7.16. The molecule has 1 nitrogen and oxygen atoms in total. The summed E-state index contributed by atoms with van der Waals surface area (Å²) in [6.45, 7) is 1.28. The van der Waals surface area contributed by atoms with Gasteiger partial charge < -0.3 is 5.11 Å². The molecule has 90 valence electrons. The van der Waals surface area contributed by atoms with E-state index in [-0.39, 0.29) is 5.56 Å². The molecule has 0 aliphatic rings. The average molecular weight is 240 g/mol. The molecule has 0 amide bonds. The van der Waals surface area contributed by atoms with Crippen molar-refractivity contribution in [3.8, 4) is 0 Å². The van der Waals surface area contributed by atoms with Gasteiger partial charge in [0.25, 0.3) is 0 Å². The smallest absolute Gasteiger partial charge is 0.389 e. The minimum atomic E-state index is -5.63. The van der Waals surface area contributed by atoms with E-state index in [0.717, 1.165) is 6.07 Å². The molecule has 6 heteroatoms. The van der Waals surface area contributed by atoms with Crippen molar-refractivity contribution in [1.29, 1.82) is 0 Å². The normalized spacial score (nSPS) is 14.9. The van der Waals surface area contributed by atoms with Gasteiger partial charge in [0.1, 0.15) is 0 Å². The fraction of sp³-hybridized carbons (Fsp3) is 0.400. The molecule has 0 fully saturated rings. The van der Waals surface area contributed by atoms with Crippen molar-refractivity contribution in [2.75, 3.05) is 0 Å². The number of hydrogen-bond donors (Lipinski definition) is 1. The first-order valence-electron chi connectivity index (χ1n) is 4.39. The molecule has 0 saturated heterocycles. The predicted octanol–water partition coefficient (Wildman–Crippen LogP) is 3.39. The Hall–Kier alpha value is -1.17. The molecule has 1 aromatic rings.